The predicted octanol–water partition coefficient (Wildman–Crippen LogP) is -0.629. The van der Waals surface area contributed by atoms with E-state index in [0.29, 0.717) is 4.63 Å². The maximum absolute atomic E-state index is 10.5. The second-order valence-corrected chi connectivity index (χ2v) is 3.09. The predicted molar refractivity (Wildman–Crippen MR) is 30.7 cm³/mol. The quantitative estimate of drug-likeness (QED) is 0.509. The van der Waals surface area contributed by atoms with E-state index in [2.05, 4.69) is 9.68 Å². The third-order valence-electron chi connectivity index (χ3n) is 0.569. The molecular weight excluding hydrogens is 146 g/mol. The topological polar surface area (TPSA) is 55.8 Å². The van der Waals surface area contributed by atoms with Gasteiger partial charge in [-0.3, -0.25) is 9.68 Å². The van der Waals surface area contributed by atoms with E-state index in [0.717, 1.165) is 6.26 Å². The molecule has 0 fully saturated rings. The van der Waals surface area contributed by atoms with Crippen molar-refractivity contribution >= 4 is 10.0 Å². The Morgan fingerprint density at radius 1 is 1.22 bits per heavy atom. The zero-order chi connectivity index (χ0) is 7.49. The van der Waals surface area contributed by atoms with E-state index >= 15 is 0 Å². The fraction of sp³-hybridized carbons (Fsp3) is 1.00. The Bertz CT molecular complexity index is 159. The molecule has 0 aliphatic carbocycles. The van der Waals surface area contributed by atoms with Crippen LogP contribution in [0.3, 0.4) is 0 Å². The van der Waals surface area contributed by atoms with Crippen LogP contribution in [0.5, 0.6) is 0 Å². The van der Waals surface area contributed by atoms with Crippen LogP contribution in [0.1, 0.15) is 0 Å². The first kappa shape index (κ1) is 8.83. The van der Waals surface area contributed by atoms with E-state index in [1.54, 1.807) is 0 Å². The standard InChI is InChI=1S/C3H9NO4S/c1-7-4(8-2)9(3,5)6/h1-3H3. The SMILES string of the molecule is CON(OC)S(C)(=O)=O. The second-order valence-electron chi connectivity index (χ2n) is 1.32. The molecule has 0 saturated carbocycles. The first-order valence-electron chi connectivity index (χ1n) is 2.11. The number of nitrogens with zero attached hydrogens (tertiary/aromatic N) is 1. The molecule has 0 rings (SSSR count). The molecule has 0 heterocycles. The molecule has 0 bridgehead atoms. The summed E-state index contributed by atoms with van der Waals surface area (Å²) in [5.74, 6) is 0. The summed E-state index contributed by atoms with van der Waals surface area (Å²) in [5.41, 5.74) is 0. The van der Waals surface area contributed by atoms with Crippen LogP contribution in [0.2, 0.25) is 0 Å². The summed E-state index contributed by atoms with van der Waals surface area (Å²) in [6.45, 7) is 0. The van der Waals surface area contributed by atoms with Gasteiger partial charge in [0.05, 0.1) is 25.1 Å². The lowest BCUT2D eigenvalue weighted by molar-refractivity contribution is -0.270. The van der Waals surface area contributed by atoms with Gasteiger partial charge in [-0.05, 0) is 0 Å². The third-order valence-corrected chi connectivity index (χ3v) is 1.41. The molecule has 6 heteroatoms. The fourth-order valence-electron chi connectivity index (χ4n) is 0.345. The Labute approximate surface area is 54.1 Å². The highest BCUT2D eigenvalue weighted by atomic mass is 32.2. The van der Waals surface area contributed by atoms with E-state index in [1.807, 2.05) is 0 Å². The van der Waals surface area contributed by atoms with Crippen molar-refractivity contribution in [1.29, 1.82) is 0 Å². The smallest absolute Gasteiger partial charge is 0.256 e. The van der Waals surface area contributed by atoms with Crippen LogP contribution in [0.15, 0.2) is 0 Å². The Kier molecular flexibility index (Phi) is 3.06. The first-order chi connectivity index (χ1) is 4.02. The minimum absolute atomic E-state index is 0.410. The number of sulfonamides is 1. The fourth-order valence-corrected chi connectivity index (χ4v) is 0.887. The molecule has 0 amide bonds. The van der Waals surface area contributed by atoms with Gasteiger partial charge in [0.25, 0.3) is 10.0 Å². The molecule has 0 N–H and O–H groups in total. The molecule has 0 unspecified atom stereocenters. The van der Waals surface area contributed by atoms with Crippen LogP contribution < -0.4 is 0 Å². The average Bonchev–Trinajstić information content (AvgIpc) is 1.65. The van der Waals surface area contributed by atoms with Crippen LogP contribution in [0.4, 0.5) is 0 Å². The molecule has 5 nitrogen and oxygen atoms in total. The van der Waals surface area contributed by atoms with Crippen molar-refractivity contribution in [2.45, 2.75) is 0 Å². The van der Waals surface area contributed by atoms with Crippen molar-refractivity contribution < 1.29 is 18.1 Å². The molecular formula is C3H9NO4S. The van der Waals surface area contributed by atoms with Gasteiger partial charge in [-0.2, -0.15) is 0 Å². The molecule has 0 radical (unpaired) electrons. The Morgan fingerprint density at radius 3 is 1.56 bits per heavy atom. The Morgan fingerprint density at radius 2 is 1.56 bits per heavy atom. The van der Waals surface area contributed by atoms with E-state index in [9.17, 15) is 8.42 Å². The lowest BCUT2D eigenvalue weighted by Crippen LogP contribution is -2.27. The minimum atomic E-state index is -3.38. The third kappa shape index (κ3) is 2.75. The number of hydrogen-bond donors (Lipinski definition) is 0. The molecule has 0 aliphatic rings. The summed E-state index contributed by atoms with van der Waals surface area (Å²) in [6.07, 6.45) is 0.972. The minimum Gasteiger partial charge on any atom is -0.264 e. The van der Waals surface area contributed by atoms with Crippen molar-refractivity contribution in [1.82, 2.24) is 4.63 Å². The van der Waals surface area contributed by atoms with Gasteiger partial charge in [0, 0.05) is 0 Å². The summed E-state index contributed by atoms with van der Waals surface area (Å²) in [7, 11) is -0.978. The second kappa shape index (κ2) is 3.11. The summed E-state index contributed by atoms with van der Waals surface area (Å²) < 4.78 is 21.3. The van der Waals surface area contributed by atoms with E-state index in [1.165, 1.54) is 14.2 Å². The van der Waals surface area contributed by atoms with Crippen LogP contribution in [-0.2, 0) is 19.7 Å². The highest BCUT2D eigenvalue weighted by Gasteiger charge is 2.14. The summed E-state index contributed by atoms with van der Waals surface area (Å²) >= 11 is 0. The maximum atomic E-state index is 10.5. The van der Waals surface area contributed by atoms with Crippen LogP contribution >= 0.6 is 0 Å². The van der Waals surface area contributed by atoms with Crippen LogP contribution in [0.25, 0.3) is 0 Å². The van der Waals surface area contributed by atoms with Gasteiger partial charge in [-0.15, -0.1) is 0 Å². The first-order valence-corrected chi connectivity index (χ1v) is 3.95. The highest BCUT2D eigenvalue weighted by Crippen LogP contribution is 1.95. The molecule has 9 heavy (non-hydrogen) atoms. The largest absolute Gasteiger partial charge is 0.264 e. The van der Waals surface area contributed by atoms with Gasteiger partial charge in [0.15, 0.2) is 0 Å². The molecule has 56 valence electrons. The lowest BCUT2D eigenvalue weighted by Gasteiger charge is -2.11. The molecule has 0 atom stereocenters. The van der Waals surface area contributed by atoms with E-state index in [4.69, 9.17) is 0 Å². The molecule has 0 saturated heterocycles. The normalized spacial score (nSPS) is 12.4. The van der Waals surface area contributed by atoms with Gasteiger partial charge in [0.2, 0.25) is 0 Å². The van der Waals surface area contributed by atoms with Crippen molar-refractivity contribution in [2.75, 3.05) is 20.5 Å². The van der Waals surface area contributed by atoms with Crippen molar-refractivity contribution in [3.63, 3.8) is 0 Å². The number of hydrogen-bond acceptors (Lipinski definition) is 4. The monoisotopic (exact) mass is 155 g/mol. The molecule has 0 aromatic rings. The van der Waals surface area contributed by atoms with Crippen LogP contribution in [-0.4, -0.2) is 33.5 Å². The van der Waals surface area contributed by atoms with Gasteiger partial charge < -0.3 is 0 Å². The average molecular weight is 155 g/mol. The zero-order valence-corrected chi connectivity index (χ0v) is 6.30. The van der Waals surface area contributed by atoms with Crippen molar-refractivity contribution in [3.05, 3.63) is 0 Å². The zero-order valence-electron chi connectivity index (χ0n) is 5.49. The molecule has 0 aliphatic heterocycles. The van der Waals surface area contributed by atoms with E-state index in [-0.39, 0.29) is 0 Å². The Balaban J connectivity index is 4.14. The highest BCUT2D eigenvalue weighted by molar-refractivity contribution is 7.88. The van der Waals surface area contributed by atoms with Crippen molar-refractivity contribution in [3.8, 4) is 0 Å². The maximum Gasteiger partial charge on any atom is 0.256 e. The molecule has 0 aromatic carbocycles. The van der Waals surface area contributed by atoms with Gasteiger partial charge >= 0.3 is 0 Å². The number of rotatable bonds is 3. The van der Waals surface area contributed by atoms with Crippen LogP contribution in [0, 0.1) is 0 Å². The van der Waals surface area contributed by atoms with Gasteiger partial charge in [-0.1, -0.05) is 0 Å². The molecule has 0 aromatic heterocycles. The van der Waals surface area contributed by atoms with Gasteiger partial charge in [0.1, 0.15) is 0 Å². The molecule has 0 spiro atoms. The summed E-state index contributed by atoms with van der Waals surface area (Å²) in [6, 6.07) is 0. The Hall–Kier alpha value is -0.170. The summed E-state index contributed by atoms with van der Waals surface area (Å²) in [5, 5.41) is 0. The summed E-state index contributed by atoms with van der Waals surface area (Å²) in [4.78, 5) is 8.57. The van der Waals surface area contributed by atoms with Crippen molar-refractivity contribution in [2.24, 2.45) is 0 Å². The lowest BCUT2D eigenvalue weighted by atomic mass is 11.7. The van der Waals surface area contributed by atoms with E-state index < -0.39 is 10.0 Å². The van der Waals surface area contributed by atoms with Gasteiger partial charge in [-0.25, -0.2) is 8.42 Å².